The molecule has 0 aromatic heterocycles. The lowest BCUT2D eigenvalue weighted by Gasteiger charge is -2.13. The first-order chi connectivity index (χ1) is 6.07. The van der Waals surface area contributed by atoms with Gasteiger partial charge in [-0.3, -0.25) is 4.21 Å². The molecule has 0 spiro atoms. The summed E-state index contributed by atoms with van der Waals surface area (Å²) < 4.78 is 11.7. The molecule has 76 valence electrons. The summed E-state index contributed by atoms with van der Waals surface area (Å²) in [5.41, 5.74) is -0.353. The third-order valence-electron chi connectivity index (χ3n) is 2.48. The van der Waals surface area contributed by atoms with Gasteiger partial charge in [0.15, 0.2) is 0 Å². The molecule has 4 heteroatoms. The number of allylic oxidation sites excluding steroid dienone is 1. The molecule has 1 heterocycles. The van der Waals surface area contributed by atoms with Gasteiger partial charge in [-0.05, 0) is 24.2 Å². The van der Waals surface area contributed by atoms with Crippen LogP contribution in [0, 0.1) is 11.8 Å². The summed E-state index contributed by atoms with van der Waals surface area (Å²) in [4.78, 5) is 0. The minimum atomic E-state index is -0.944. The summed E-state index contributed by atoms with van der Waals surface area (Å²) in [6.45, 7) is 5.93. The predicted octanol–water partition coefficient (Wildman–Crippen LogP) is 1.93. The SMILES string of the molecule is C/C=C/S(=O)C1SC(O)C(C)C1C. The lowest BCUT2D eigenvalue weighted by Crippen LogP contribution is -2.18. The highest BCUT2D eigenvalue weighted by Gasteiger charge is 2.40. The van der Waals surface area contributed by atoms with Gasteiger partial charge in [-0.1, -0.05) is 19.9 Å². The van der Waals surface area contributed by atoms with Crippen LogP contribution in [0.15, 0.2) is 11.5 Å². The summed E-state index contributed by atoms with van der Waals surface area (Å²) in [5.74, 6) is 0.557. The number of aliphatic hydroxyl groups excluding tert-OH is 1. The maximum atomic E-state index is 11.6. The molecule has 1 aliphatic heterocycles. The van der Waals surface area contributed by atoms with Crippen LogP contribution in [0.4, 0.5) is 0 Å². The van der Waals surface area contributed by atoms with Gasteiger partial charge in [0, 0.05) is 0 Å². The molecule has 1 N–H and O–H groups in total. The Kier molecular flexibility index (Phi) is 4.01. The molecule has 1 saturated heterocycles. The second-order valence-electron chi connectivity index (χ2n) is 3.41. The van der Waals surface area contributed by atoms with Crippen LogP contribution in [0.2, 0.25) is 0 Å². The second kappa shape index (κ2) is 4.62. The van der Waals surface area contributed by atoms with Crippen LogP contribution < -0.4 is 0 Å². The smallest absolute Gasteiger partial charge is 0.103 e. The van der Waals surface area contributed by atoms with Crippen LogP contribution in [0.1, 0.15) is 20.8 Å². The first kappa shape index (κ1) is 11.3. The highest BCUT2D eigenvalue weighted by Crippen LogP contribution is 2.43. The monoisotopic (exact) mass is 220 g/mol. The second-order valence-corrected chi connectivity index (χ2v) is 6.41. The van der Waals surface area contributed by atoms with Crippen LogP contribution in [-0.4, -0.2) is 19.3 Å². The molecule has 1 aliphatic rings. The van der Waals surface area contributed by atoms with E-state index in [0.29, 0.717) is 5.92 Å². The molecule has 5 unspecified atom stereocenters. The van der Waals surface area contributed by atoms with Crippen molar-refractivity contribution in [1.29, 1.82) is 0 Å². The van der Waals surface area contributed by atoms with Gasteiger partial charge in [0.2, 0.25) is 0 Å². The molecule has 2 nitrogen and oxygen atoms in total. The molecular formula is C9H16O2S2. The molecular weight excluding hydrogens is 204 g/mol. The molecule has 1 fully saturated rings. The average Bonchev–Trinajstić information content (AvgIpc) is 2.33. The summed E-state index contributed by atoms with van der Waals surface area (Å²) >= 11 is 1.43. The van der Waals surface area contributed by atoms with Crippen LogP contribution in [0.3, 0.4) is 0 Å². The Morgan fingerprint density at radius 1 is 1.38 bits per heavy atom. The summed E-state index contributed by atoms with van der Waals surface area (Å²) in [6.07, 6.45) is 1.80. The van der Waals surface area contributed by atoms with Crippen LogP contribution >= 0.6 is 11.8 Å². The summed E-state index contributed by atoms with van der Waals surface area (Å²) in [6, 6.07) is 0. The Labute approximate surface area is 86.3 Å². The largest absolute Gasteiger partial charge is 0.382 e. The minimum absolute atomic E-state index is 0.0567. The van der Waals surface area contributed by atoms with Crippen molar-refractivity contribution in [3.63, 3.8) is 0 Å². The van der Waals surface area contributed by atoms with E-state index >= 15 is 0 Å². The first-order valence-corrected chi connectivity index (χ1v) is 6.65. The molecule has 0 bridgehead atoms. The van der Waals surface area contributed by atoms with Crippen molar-refractivity contribution in [1.82, 2.24) is 0 Å². The number of thioether (sulfide) groups is 1. The predicted molar refractivity (Wildman–Crippen MR) is 58.7 cm³/mol. The fourth-order valence-electron chi connectivity index (χ4n) is 1.37. The minimum Gasteiger partial charge on any atom is -0.382 e. The van der Waals surface area contributed by atoms with Gasteiger partial charge in [-0.25, -0.2) is 0 Å². The molecule has 0 aromatic rings. The molecule has 0 amide bonds. The zero-order valence-corrected chi connectivity index (χ0v) is 9.77. The van der Waals surface area contributed by atoms with Gasteiger partial charge in [0.1, 0.15) is 5.44 Å². The Morgan fingerprint density at radius 3 is 2.38 bits per heavy atom. The molecule has 0 saturated carbocycles. The Hall–Kier alpha value is 0.200. The molecule has 0 radical (unpaired) electrons. The number of hydrogen-bond acceptors (Lipinski definition) is 3. The van der Waals surface area contributed by atoms with Gasteiger partial charge < -0.3 is 5.11 Å². The fourth-order valence-corrected chi connectivity index (χ4v) is 4.70. The van der Waals surface area contributed by atoms with Crippen molar-refractivity contribution < 1.29 is 9.32 Å². The van der Waals surface area contributed by atoms with E-state index in [1.807, 2.05) is 13.8 Å². The van der Waals surface area contributed by atoms with E-state index in [0.717, 1.165) is 0 Å². The summed E-state index contributed by atoms with van der Waals surface area (Å²) in [7, 11) is -0.944. The van der Waals surface area contributed by atoms with E-state index in [9.17, 15) is 9.32 Å². The van der Waals surface area contributed by atoms with Crippen molar-refractivity contribution in [3.8, 4) is 0 Å². The highest BCUT2D eigenvalue weighted by molar-refractivity contribution is 8.12. The van der Waals surface area contributed by atoms with Crippen LogP contribution in [0.5, 0.6) is 0 Å². The van der Waals surface area contributed by atoms with Crippen molar-refractivity contribution in [2.75, 3.05) is 0 Å². The fraction of sp³-hybridized carbons (Fsp3) is 0.778. The lowest BCUT2D eigenvalue weighted by molar-refractivity contribution is 0.184. The van der Waals surface area contributed by atoms with Gasteiger partial charge in [0.05, 0.1) is 15.4 Å². The van der Waals surface area contributed by atoms with Crippen molar-refractivity contribution in [3.05, 3.63) is 11.5 Å². The quantitative estimate of drug-likeness (QED) is 0.772. The van der Waals surface area contributed by atoms with E-state index < -0.39 is 10.8 Å². The highest BCUT2D eigenvalue weighted by atomic mass is 32.2. The van der Waals surface area contributed by atoms with E-state index in [2.05, 4.69) is 6.92 Å². The normalized spacial score (nSPS) is 42.8. The van der Waals surface area contributed by atoms with Gasteiger partial charge in [-0.15, -0.1) is 11.8 Å². The number of hydrogen-bond donors (Lipinski definition) is 1. The number of aliphatic hydroxyl groups is 1. The molecule has 5 atom stereocenters. The van der Waals surface area contributed by atoms with Gasteiger partial charge >= 0.3 is 0 Å². The zero-order chi connectivity index (χ0) is 10.0. The van der Waals surface area contributed by atoms with Gasteiger partial charge in [-0.2, -0.15) is 0 Å². The van der Waals surface area contributed by atoms with E-state index in [1.54, 1.807) is 11.5 Å². The molecule has 0 aliphatic carbocycles. The third kappa shape index (κ3) is 2.36. The van der Waals surface area contributed by atoms with Crippen LogP contribution in [0.25, 0.3) is 0 Å². The molecule has 13 heavy (non-hydrogen) atoms. The maximum Gasteiger partial charge on any atom is 0.103 e. The van der Waals surface area contributed by atoms with Crippen molar-refractivity contribution >= 4 is 22.6 Å². The third-order valence-corrected chi connectivity index (χ3v) is 6.22. The van der Waals surface area contributed by atoms with Crippen LogP contribution in [-0.2, 0) is 10.8 Å². The average molecular weight is 220 g/mol. The maximum absolute atomic E-state index is 11.6. The van der Waals surface area contributed by atoms with Gasteiger partial charge in [0.25, 0.3) is 0 Å². The van der Waals surface area contributed by atoms with E-state index in [4.69, 9.17) is 0 Å². The van der Waals surface area contributed by atoms with Crippen molar-refractivity contribution in [2.24, 2.45) is 11.8 Å². The molecule has 1 rings (SSSR count). The Balaban J connectivity index is 2.68. The molecule has 0 aromatic carbocycles. The number of rotatable bonds is 2. The first-order valence-electron chi connectivity index (χ1n) is 4.43. The zero-order valence-electron chi connectivity index (χ0n) is 8.14. The summed E-state index contributed by atoms with van der Waals surface area (Å²) in [5, 5.41) is 11.3. The van der Waals surface area contributed by atoms with E-state index in [-0.39, 0.29) is 15.9 Å². The standard InChI is InChI=1S/C9H16O2S2/c1-4-5-13(11)9-7(3)6(2)8(10)12-9/h4-10H,1-3H3/b5-4+. The topological polar surface area (TPSA) is 37.3 Å². The van der Waals surface area contributed by atoms with Crippen molar-refractivity contribution in [2.45, 2.75) is 30.8 Å². The van der Waals surface area contributed by atoms with E-state index in [1.165, 1.54) is 11.8 Å². The lowest BCUT2D eigenvalue weighted by atomic mass is 9.99. The Morgan fingerprint density at radius 2 is 2.00 bits per heavy atom. The Bertz CT molecular complexity index is 228.